The summed E-state index contributed by atoms with van der Waals surface area (Å²) in [4.78, 5) is 4.59. The van der Waals surface area contributed by atoms with Gasteiger partial charge in [0.1, 0.15) is 23.4 Å². The third kappa shape index (κ3) is 5.10. The summed E-state index contributed by atoms with van der Waals surface area (Å²) in [5, 5.41) is 20.3. The third-order valence-corrected chi connectivity index (χ3v) is 5.26. The number of pyridine rings is 1. The van der Waals surface area contributed by atoms with E-state index in [0.717, 1.165) is 23.0 Å². The summed E-state index contributed by atoms with van der Waals surface area (Å²) in [6.45, 7) is 1.43. The monoisotopic (exact) mass is 465 g/mol. The Labute approximate surface area is 196 Å². The predicted molar refractivity (Wildman–Crippen MR) is 129 cm³/mol. The number of aromatic nitrogens is 1. The lowest BCUT2D eigenvalue weighted by atomic mass is 10.1. The third-order valence-electron chi connectivity index (χ3n) is 5.02. The highest BCUT2D eigenvalue weighted by Gasteiger charge is 2.16. The van der Waals surface area contributed by atoms with Crippen LogP contribution in [0.5, 0.6) is 23.0 Å². The number of methoxy groups -OCH3 is 2. The van der Waals surface area contributed by atoms with Crippen molar-refractivity contribution in [2.24, 2.45) is 0 Å². The lowest BCUT2D eigenvalue weighted by Crippen LogP contribution is -2.30. The fourth-order valence-corrected chi connectivity index (χ4v) is 3.56. The first-order valence-corrected chi connectivity index (χ1v) is 10.7. The molecule has 0 saturated carbocycles. The largest absolute Gasteiger partial charge is 0.497 e. The summed E-state index contributed by atoms with van der Waals surface area (Å²) >= 11 is 5.37. The molecule has 3 N–H and O–H groups in total. The van der Waals surface area contributed by atoms with E-state index in [1.807, 2.05) is 24.3 Å². The number of nitrogens with one attached hydrogen (secondary N) is 3. The van der Waals surface area contributed by atoms with Crippen molar-refractivity contribution in [3.05, 3.63) is 42.0 Å². The maximum Gasteiger partial charge on any atom is 0.231 e. The summed E-state index contributed by atoms with van der Waals surface area (Å²) in [6.07, 6.45) is 0.757. The van der Waals surface area contributed by atoms with Crippen molar-refractivity contribution in [1.82, 2.24) is 10.3 Å². The Bertz CT molecular complexity index is 1230. The SMILES string of the molecule is COc1ccc(NC(=S)NCCCNc2nc3cc4c(cc3cc2C#N)OCO4)c(OC)c1. The van der Waals surface area contributed by atoms with Crippen molar-refractivity contribution in [1.29, 1.82) is 5.26 Å². The number of nitriles is 1. The van der Waals surface area contributed by atoms with Gasteiger partial charge in [-0.05, 0) is 42.9 Å². The Morgan fingerprint density at radius 3 is 2.70 bits per heavy atom. The van der Waals surface area contributed by atoms with Crippen LogP contribution in [0.25, 0.3) is 10.9 Å². The molecule has 0 bridgehead atoms. The molecule has 33 heavy (non-hydrogen) atoms. The van der Waals surface area contributed by atoms with Crippen molar-refractivity contribution in [2.45, 2.75) is 6.42 Å². The van der Waals surface area contributed by atoms with Gasteiger partial charge in [-0.25, -0.2) is 4.98 Å². The lowest BCUT2D eigenvalue weighted by Gasteiger charge is -2.14. The number of thiocarbonyl (C=S) groups is 1. The van der Waals surface area contributed by atoms with Gasteiger partial charge in [0.05, 0.1) is 31.0 Å². The second kappa shape index (κ2) is 10.1. The zero-order valence-electron chi connectivity index (χ0n) is 18.2. The number of rotatable bonds is 8. The molecule has 3 aromatic rings. The number of benzene rings is 2. The van der Waals surface area contributed by atoms with Gasteiger partial charge in [0, 0.05) is 30.6 Å². The van der Waals surface area contributed by atoms with Crippen molar-refractivity contribution in [2.75, 3.05) is 44.7 Å². The first-order chi connectivity index (χ1) is 16.1. The molecule has 0 fully saturated rings. The fourth-order valence-electron chi connectivity index (χ4n) is 3.35. The van der Waals surface area contributed by atoms with Crippen LogP contribution in [-0.4, -0.2) is 44.2 Å². The van der Waals surface area contributed by atoms with Crippen LogP contribution in [0, 0.1) is 11.3 Å². The number of ether oxygens (including phenoxy) is 4. The van der Waals surface area contributed by atoms with Gasteiger partial charge in [0.15, 0.2) is 16.6 Å². The highest BCUT2D eigenvalue weighted by Crippen LogP contribution is 2.36. The normalized spacial score (nSPS) is 11.5. The fraction of sp³-hybridized carbons (Fsp3) is 0.261. The minimum atomic E-state index is 0.191. The van der Waals surface area contributed by atoms with E-state index in [1.165, 1.54) is 0 Å². The van der Waals surface area contributed by atoms with E-state index in [0.29, 0.717) is 52.6 Å². The molecule has 2 aromatic carbocycles. The quantitative estimate of drug-likeness (QED) is 0.337. The Kier molecular flexibility index (Phi) is 6.80. The molecule has 0 unspecified atom stereocenters. The molecule has 1 aromatic heterocycles. The minimum Gasteiger partial charge on any atom is -0.497 e. The van der Waals surface area contributed by atoms with Crippen LogP contribution in [0.4, 0.5) is 11.5 Å². The molecular weight excluding hydrogens is 442 g/mol. The molecule has 170 valence electrons. The van der Waals surface area contributed by atoms with E-state index >= 15 is 0 Å². The molecule has 1 aliphatic rings. The minimum absolute atomic E-state index is 0.191. The number of anilines is 2. The molecule has 0 saturated heterocycles. The standard InChI is InChI=1S/C23H23N5O4S/c1-29-16-4-5-17(19(10-16)30-2)28-23(33)26-7-3-6-25-22-15(12-24)8-14-9-20-21(32-13-31-20)11-18(14)27-22/h4-5,8-11H,3,6-7,13H2,1-2H3,(H,25,27)(H2,26,28,33). The smallest absolute Gasteiger partial charge is 0.231 e. The lowest BCUT2D eigenvalue weighted by molar-refractivity contribution is 0.174. The van der Waals surface area contributed by atoms with E-state index in [2.05, 4.69) is 27.0 Å². The Morgan fingerprint density at radius 1 is 1.12 bits per heavy atom. The molecule has 1 aliphatic heterocycles. The zero-order valence-corrected chi connectivity index (χ0v) is 19.0. The molecular formula is C23H23N5O4S. The highest BCUT2D eigenvalue weighted by molar-refractivity contribution is 7.80. The molecule has 0 atom stereocenters. The van der Waals surface area contributed by atoms with E-state index in [4.69, 9.17) is 31.2 Å². The average Bonchev–Trinajstić information content (AvgIpc) is 3.29. The summed E-state index contributed by atoms with van der Waals surface area (Å²) in [5.74, 6) is 3.19. The Hall–Kier alpha value is -3.97. The van der Waals surface area contributed by atoms with Crippen molar-refractivity contribution in [3.63, 3.8) is 0 Å². The molecule has 9 nitrogen and oxygen atoms in total. The van der Waals surface area contributed by atoms with Crippen LogP contribution in [0.3, 0.4) is 0 Å². The van der Waals surface area contributed by atoms with Gasteiger partial charge in [-0.15, -0.1) is 0 Å². The second-order valence-corrected chi connectivity index (χ2v) is 7.53. The first kappa shape index (κ1) is 22.2. The van der Waals surface area contributed by atoms with Crippen LogP contribution >= 0.6 is 12.2 Å². The van der Waals surface area contributed by atoms with Gasteiger partial charge in [-0.1, -0.05) is 0 Å². The van der Waals surface area contributed by atoms with Crippen LogP contribution in [0.1, 0.15) is 12.0 Å². The summed E-state index contributed by atoms with van der Waals surface area (Å²) in [6, 6.07) is 13.1. The maximum absolute atomic E-state index is 9.52. The maximum atomic E-state index is 9.52. The first-order valence-electron chi connectivity index (χ1n) is 10.3. The number of hydrogen-bond acceptors (Lipinski definition) is 8. The zero-order chi connectivity index (χ0) is 23.2. The van der Waals surface area contributed by atoms with E-state index in [1.54, 1.807) is 26.4 Å². The van der Waals surface area contributed by atoms with E-state index in [9.17, 15) is 5.26 Å². The van der Waals surface area contributed by atoms with Crippen LogP contribution in [0.2, 0.25) is 0 Å². The molecule has 0 amide bonds. The molecule has 2 heterocycles. The molecule has 10 heteroatoms. The van der Waals surface area contributed by atoms with Crippen LogP contribution in [0.15, 0.2) is 36.4 Å². The second-order valence-electron chi connectivity index (χ2n) is 7.12. The number of hydrogen-bond donors (Lipinski definition) is 3. The van der Waals surface area contributed by atoms with Crippen LogP contribution < -0.4 is 34.9 Å². The van der Waals surface area contributed by atoms with Gasteiger partial charge in [-0.2, -0.15) is 5.26 Å². The van der Waals surface area contributed by atoms with Crippen molar-refractivity contribution < 1.29 is 18.9 Å². The predicted octanol–water partition coefficient (Wildman–Crippen LogP) is 3.64. The number of nitrogens with zero attached hydrogens (tertiary/aromatic N) is 2. The number of fused-ring (bicyclic) bond motifs is 2. The highest BCUT2D eigenvalue weighted by atomic mass is 32.1. The summed E-state index contributed by atoms with van der Waals surface area (Å²) in [7, 11) is 3.19. The van der Waals surface area contributed by atoms with E-state index in [-0.39, 0.29) is 6.79 Å². The van der Waals surface area contributed by atoms with Gasteiger partial charge in [0.2, 0.25) is 6.79 Å². The molecule has 0 spiro atoms. The molecule has 0 aliphatic carbocycles. The van der Waals surface area contributed by atoms with Crippen LogP contribution in [-0.2, 0) is 0 Å². The summed E-state index contributed by atoms with van der Waals surface area (Å²) in [5.41, 5.74) is 1.95. The van der Waals surface area contributed by atoms with Gasteiger partial charge < -0.3 is 34.9 Å². The summed E-state index contributed by atoms with van der Waals surface area (Å²) < 4.78 is 21.4. The van der Waals surface area contributed by atoms with Gasteiger partial charge >= 0.3 is 0 Å². The van der Waals surface area contributed by atoms with Crippen molar-refractivity contribution >= 4 is 39.7 Å². The topological polar surface area (TPSA) is 110 Å². The van der Waals surface area contributed by atoms with Gasteiger partial charge in [-0.3, -0.25) is 0 Å². The average molecular weight is 466 g/mol. The molecule has 4 rings (SSSR count). The van der Waals surface area contributed by atoms with Crippen molar-refractivity contribution in [3.8, 4) is 29.1 Å². The molecule has 0 radical (unpaired) electrons. The Balaban J connectivity index is 1.30. The van der Waals surface area contributed by atoms with Gasteiger partial charge in [0.25, 0.3) is 0 Å². The Morgan fingerprint density at radius 2 is 1.94 bits per heavy atom. The van der Waals surface area contributed by atoms with E-state index < -0.39 is 0 Å².